The van der Waals surface area contributed by atoms with Crippen LogP contribution < -0.4 is 0 Å². The van der Waals surface area contributed by atoms with Crippen molar-refractivity contribution in [1.82, 2.24) is 9.96 Å². The van der Waals surface area contributed by atoms with Crippen molar-refractivity contribution in [2.45, 2.75) is 19.4 Å². The molecule has 1 aliphatic rings. The Morgan fingerprint density at radius 2 is 1.95 bits per heavy atom. The second-order valence-corrected chi connectivity index (χ2v) is 5.47. The maximum absolute atomic E-state index is 12.1. The summed E-state index contributed by atoms with van der Waals surface area (Å²) in [6, 6.07) is 9.72. The number of piperidine rings is 1. The third kappa shape index (κ3) is 4.24. The van der Waals surface area contributed by atoms with Gasteiger partial charge in [-0.25, -0.2) is 4.79 Å². The molecule has 5 nitrogen and oxygen atoms in total. The van der Waals surface area contributed by atoms with Crippen LogP contribution in [0.25, 0.3) is 0 Å². The summed E-state index contributed by atoms with van der Waals surface area (Å²) < 4.78 is 5.36. The van der Waals surface area contributed by atoms with Crippen molar-refractivity contribution in [2.75, 3.05) is 27.2 Å². The Hall–Kier alpha value is -2.01. The Bertz CT molecular complexity index is 496. The molecule has 1 heterocycles. The van der Waals surface area contributed by atoms with Crippen molar-refractivity contribution in [2.24, 2.45) is 5.92 Å². The molecule has 0 aliphatic carbocycles. The fourth-order valence-electron chi connectivity index (χ4n) is 2.58. The van der Waals surface area contributed by atoms with Crippen LogP contribution in [0.3, 0.4) is 0 Å². The maximum atomic E-state index is 12.1. The molecule has 0 saturated carbocycles. The maximum Gasteiger partial charge on any atom is 0.410 e. The van der Waals surface area contributed by atoms with E-state index < -0.39 is 0 Å². The van der Waals surface area contributed by atoms with E-state index in [1.807, 2.05) is 37.4 Å². The van der Waals surface area contributed by atoms with E-state index in [1.54, 1.807) is 17.1 Å². The van der Waals surface area contributed by atoms with Gasteiger partial charge in [-0.3, -0.25) is 9.90 Å². The van der Waals surface area contributed by atoms with Crippen LogP contribution in [0.15, 0.2) is 42.6 Å². The van der Waals surface area contributed by atoms with Gasteiger partial charge in [0.05, 0.1) is 7.11 Å². The van der Waals surface area contributed by atoms with Crippen molar-refractivity contribution in [3.63, 3.8) is 0 Å². The molecule has 0 atom stereocenters. The predicted molar refractivity (Wildman–Crippen MR) is 84.8 cm³/mol. The van der Waals surface area contributed by atoms with E-state index in [-0.39, 0.29) is 6.09 Å². The van der Waals surface area contributed by atoms with Crippen LogP contribution in [0.1, 0.15) is 18.4 Å². The summed E-state index contributed by atoms with van der Waals surface area (Å²) in [6.07, 6.45) is 1.52. The molecule has 0 radical (unpaired) electrons. The zero-order valence-corrected chi connectivity index (χ0v) is 13.3. The summed E-state index contributed by atoms with van der Waals surface area (Å²) in [4.78, 5) is 19.0. The lowest BCUT2D eigenvalue weighted by Crippen LogP contribution is -2.40. The number of hydrogen-bond acceptors (Lipinski definition) is 4. The molecular formula is C17H24N2O3. The van der Waals surface area contributed by atoms with Gasteiger partial charge in [0.1, 0.15) is 6.61 Å². The lowest BCUT2D eigenvalue weighted by Gasteiger charge is -2.34. The first kappa shape index (κ1) is 16.4. The number of hydroxylamine groups is 2. The number of ether oxygens (including phenoxy) is 1. The van der Waals surface area contributed by atoms with Crippen LogP contribution in [0.2, 0.25) is 0 Å². The van der Waals surface area contributed by atoms with Gasteiger partial charge in [0.15, 0.2) is 0 Å². The molecule has 1 amide bonds. The van der Waals surface area contributed by atoms with Gasteiger partial charge in [-0.1, -0.05) is 36.9 Å². The first-order valence-electron chi connectivity index (χ1n) is 7.54. The highest BCUT2D eigenvalue weighted by atomic mass is 16.7. The number of hydrogen-bond donors (Lipinski definition) is 0. The van der Waals surface area contributed by atoms with Gasteiger partial charge in [0, 0.05) is 31.8 Å². The fourth-order valence-corrected chi connectivity index (χ4v) is 2.58. The van der Waals surface area contributed by atoms with Gasteiger partial charge >= 0.3 is 6.09 Å². The van der Waals surface area contributed by atoms with Gasteiger partial charge in [-0.15, -0.1) is 0 Å². The number of allylic oxidation sites excluding steroid dienone is 1. The number of likely N-dealkylation sites (tertiary alicyclic amines) is 1. The Kier molecular flexibility index (Phi) is 5.83. The summed E-state index contributed by atoms with van der Waals surface area (Å²) in [7, 11) is 3.48. The van der Waals surface area contributed by atoms with Gasteiger partial charge in [0.2, 0.25) is 0 Å². The van der Waals surface area contributed by atoms with Crippen LogP contribution in [-0.2, 0) is 16.2 Å². The summed E-state index contributed by atoms with van der Waals surface area (Å²) >= 11 is 0. The van der Waals surface area contributed by atoms with E-state index >= 15 is 0 Å². The van der Waals surface area contributed by atoms with E-state index in [0.717, 1.165) is 24.1 Å². The van der Waals surface area contributed by atoms with E-state index in [0.29, 0.717) is 25.6 Å². The Morgan fingerprint density at radius 3 is 2.55 bits per heavy atom. The second-order valence-electron chi connectivity index (χ2n) is 5.47. The molecule has 0 bridgehead atoms. The monoisotopic (exact) mass is 304 g/mol. The van der Waals surface area contributed by atoms with Crippen molar-refractivity contribution in [3.8, 4) is 0 Å². The van der Waals surface area contributed by atoms with E-state index in [4.69, 9.17) is 9.57 Å². The van der Waals surface area contributed by atoms with Gasteiger partial charge in [-0.05, 0) is 18.4 Å². The molecule has 0 N–H and O–H groups in total. The van der Waals surface area contributed by atoms with Crippen LogP contribution in [0, 0.1) is 5.92 Å². The second kappa shape index (κ2) is 7.84. The lowest BCUT2D eigenvalue weighted by atomic mass is 9.94. The minimum Gasteiger partial charge on any atom is -0.445 e. The van der Waals surface area contributed by atoms with Gasteiger partial charge in [-0.2, -0.15) is 0 Å². The normalized spacial score (nSPS) is 15.5. The number of benzene rings is 1. The molecule has 1 aliphatic heterocycles. The summed E-state index contributed by atoms with van der Waals surface area (Å²) in [5.41, 5.74) is 1.96. The highest BCUT2D eigenvalue weighted by Gasteiger charge is 2.26. The standard InChI is InChI=1S/C17H24N2O3/c1-14(18(2)21-3)16-9-11-19(12-10-16)17(20)22-13-15-7-5-4-6-8-15/h4-8,16H,1,9-13H2,2-3H3. The molecule has 22 heavy (non-hydrogen) atoms. The number of nitrogens with zero attached hydrogens (tertiary/aromatic N) is 2. The largest absolute Gasteiger partial charge is 0.445 e. The molecule has 1 saturated heterocycles. The average molecular weight is 304 g/mol. The van der Waals surface area contributed by atoms with Crippen molar-refractivity contribution in [1.29, 1.82) is 0 Å². The van der Waals surface area contributed by atoms with Crippen molar-refractivity contribution >= 4 is 6.09 Å². The third-order valence-corrected chi connectivity index (χ3v) is 4.11. The highest BCUT2D eigenvalue weighted by molar-refractivity contribution is 5.67. The van der Waals surface area contributed by atoms with E-state index in [1.165, 1.54) is 0 Å². The van der Waals surface area contributed by atoms with Gasteiger partial charge in [0.25, 0.3) is 0 Å². The molecule has 1 aromatic rings. The molecule has 1 aromatic carbocycles. The van der Waals surface area contributed by atoms with Crippen LogP contribution >= 0.6 is 0 Å². The molecule has 1 fully saturated rings. The number of carbonyl (C=O) groups excluding carboxylic acids is 1. The predicted octanol–water partition coefficient (Wildman–Crippen LogP) is 3.04. The van der Waals surface area contributed by atoms with Crippen LogP contribution in [0.4, 0.5) is 4.79 Å². The summed E-state index contributed by atoms with van der Waals surface area (Å²) in [6.45, 7) is 5.76. The zero-order valence-electron chi connectivity index (χ0n) is 13.3. The molecule has 5 heteroatoms. The first-order valence-corrected chi connectivity index (χ1v) is 7.54. The molecule has 0 unspecified atom stereocenters. The molecule has 120 valence electrons. The summed E-state index contributed by atoms with van der Waals surface area (Å²) in [5.74, 6) is 0.350. The lowest BCUT2D eigenvalue weighted by molar-refractivity contribution is -0.0875. The topological polar surface area (TPSA) is 42.0 Å². The minimum atomic E-state index is -0.243. The Labute approximate surface area is 132 Å². The highest BCUT2D eigenvalue weighted by Crippen LogP contribution is 2.25. The third-order valence-electron chi connectivity index (χ3n) is 4.11. The SMILES string of the molecule is C=C(C1CCN(C(=O)OCc2ccccc2)CC1)N(C)OC. The Balaban J connectivity index is 1.76. The summed E-state index contributed by atoms with van der Waals surface area (Å²) in [5, 5.41) is 1.69. The molecule has 2 rings (SSSR count). The molecule has 0 aromatic heterocycles. The number of carbonyl (C=O) groups is 1. The van der Waals surface area contributed by atoms with Crippen LogP contribution in [-0.4, -0.2) is 43.3 Å². The molecule has 0 spiro atoms. The fraction of sp³-hybridized carbons (Fsp3) is 0.471. The average Bonchev–Trinajstić information content (AvgIpc) is 2.59. The van der Waals surface area contributed by atoms with Crippen LogP contribution in [0.5, 0.6) is 0 Å². The Morgan fingerprint density at radius 1 is 1.32 bits per heavy atom. The quantitative estimate of drug-likeness (QED) is 0.784. The number of rotatable bonds is 5. The number of amides is 1. The van der Waals surface area contributed by atoms with E-state index in [9.17, 15) is 4.79 Å². The van der Waals surface area contributed by atoms with Gasteiger partial charge < -0.3 is 9.64 Å². The molecular weight excluding hydrogens is 280 g/mol. The van der Waals surface area contributed by atoms with Crippen molar-refractivity contribution in [3.05, 3.63) is 48.2 Å². The zero-order chi connectivity index (χ0) is 15.9. The minimum absolute atomic E-state index is 0.243. The first-order chi connectivity index (χ1) is 10.6. The van der Waals surface area contributed by atoms with E-state index in [2.05, 4.69) is 6.58 Å². The smallest absolute Gasteiger partial charge is 0.410 e. The van der Waals surface area contributed by atoms with Crippen molar-refractivity contribution < 1.29 is 14.4 Å².